The topological polar surface area (TPSA) is 45.1 Å². The fourth-order valence-corrected chi connectivity index (χ4v) is 1.71. The van der Waals surface area contributed by atoms with Crippen LogP contribution in [0.25, 0.3) is 10.9 Å². The van der Waals surface area contributed by atoms with Gasteiger partial charge in [-0.3, -0.25) is 4.98 Å². The molecule has 0 aliphatic rings. The van der Waals surface area contributed by atoms with Crippen molar-refractivity contribution in [1.29, 1.82) is 0 Å². The Morgan fingerprint density at radius 1 is 1.38 bits per heavy atom. The molecule has 84 valence electrons. The Labute approximate surface area is 95.1 Å². The lowest BCUT2D eigenvalue weighted by atomic mass is 10.1. The van der Waals surface area contributed by atoms with Gasteiger partial charge in [0.25, 0.3) is 0 Å². The normalized spacial score (nSPS) is 12.7. The highest BCUT2D eigenvalue weighted by molar-refractivity contribution is 5.91. The van der Waals surface area contributed by atoms with Crippen molar-refractivity contribution in [3.63, 3.8) is 0 Å². The van der Waals surface area contributed by atoms with Crippen LogP contribution in [0.1, 0.15) is 12.6 Å². The lowest BCUT2D eigenvalue weighted by molar-refractivity contribution is 0.208. The van der Waals surface area contributed by atoms with Crippen LogP contribution < -0.4 is 5.32 Å². The van der Waals surface area contributed by atoms with E-state index >= 15 is 0 Å². The monoisotopic (exact) mass is 216 g/mol. The number of aromatic nitrogens is 1. The number of fused-ring (bicyclic) bond motifs is 1. The van der Waals surface area contributed by atoms with Gasteiger partial charge in [0.2, 0.25) is 0 Å². The summed E-state index contributed by atoms with van der Waals surface area (Å²) in [6, 6.07) is 10.0. The molecule has 2 N–H and O–H groups in total. The molecule has 1 aromatic carbocycles. The van der Waals surface area contributed by atoms with Crippen LogP contribution in [0, 0.1) is 6.92 Å². The molecule has 16 heavy (non-hydrogen) atoms. The first-order valence-corrected chi connectivity index (χ1v) is 5.45. The van der Waals surface area contributed by atoms with E-state index in [0.29, 0.717) is 6.54 Å². The zero-order chi connectivity index (χ0) is 11.5. The molecule has 3 nitrogen and oxygen atoms in total. The van der Waals surface area contributed by atoms with Crippen molar-refractivity contribution >= 4 is 16.6 Å². The molecule has 0 saturated carbocycles. The number of aryl methyl sites for hydroxylation is 1. The molecule has 0 spiro atoms. The molecule has 0 saturated heterocycles. The van der Waals surface area contributed by atoms with Crippen molar-refractivity contribution in [2.24, 2.45) is 0 Å². The zero-order valence-electron chi connectivity index (χ0n) is 9.57. The van der Waals surface area contributed by atoms with Crippen LogP contribution in [0.15, 0.2) is 30.3 Å². The van der Waals surface area contributed by atoms with Crippen LogP contribution >= 0.6 is 0 Å². The molecule has 0 aliphatic heterocycles. The van der Waals surface area contributed by atoms with Gasteiger partial charge >= 0.3 is 0 Å². The molecule has 0 radical (unpaired) electrons. The molecule has 1 aromatic heterocycles. The lowest BCUT2D eigenvalue weighted by Gasteiger charge is -2.11. The summed E-state index contributed by atoms with van der Waals surface area (Å²) in [7, 11) is 0. The van der Waals surface area contributed by atoms with Gasteiger partial charge in [-0.15, -0.1) is 0 Å². The third kappa shape index (κ3) is 2.31. The first-order chi connectivity index (χ1) is 7.66. The molecule has 0 bridgehead atoms. The fourth-order valence-electron chi connectivity index (χ4n) is 1.71. The van der Waals surface area contributed by atoms with Crippen LogP contribution in [-0.4, -0.2) is 22.7 Å². The number of para-hydroxylation sites is 1. The van der Waals surface area contributed by atoms with Crippen molar-refractivity contribution in [2.45, 2.75) is 20.0 Å². The van der Waals surface area contributed by atoms with E-state index in [2.05, 4.69) is 10.3 Å². The minimum Gasteiger partial charge on any atom is -0.392 e. The number of rotatable bonds is 3. The number of nitrogens with one attached hydrogen (secondary N) is 1. The summed E-state index contributed by atoms with van der Waals surface area (Å²) in [5, 5.41) is 13.6. The van der Waals surface area contributed by atoms with Gasteiger partial charge in [-0.25, -0.2) is 0 Å². The van der Waals surface area contributed by atoms with E-state index in [0.717, 1.165) is 22.3 Å². The third-order valence-corrected chi connectivity index (χ3v) is 2.43. The molecule has 2 rings (SSSR count). The maximum atomic E-state index is 9.28. The lowest BCUT2D eigenvalue weighted by Crippen LogP contribution is -2.15. The quantitative estimate of drug-likeness (QED) is 0.827. The third-order valence-electron chi connectivity index (χ3n) is 2.43. The SMILES string of the molecule is Cc1cc(NCC(C)O)c2ccccc2n1. The van der Waals surface area contributed by atoms with Crippen molar-refractivity contribution < 1.29 is 5.11 Å². The zero-order valence-corrected chi connectivity index (χ0v) is 9.57. The van der Waals surface area contributed by atoms with Gasteiger partial charge in [0.1, 0.15) is 0 Å². The summed E-state index contributed by atoms with van der Waals surface area (Å²) < 4.78 is 0. The molecule has 2 aromatic rings. The summed E-state index contributed by atoms with van der Waals surface area (Å²) in [4.78, 5) is 4.46. The predicted molar refractivity (Wildman–Crippen MR) is 66.7 cm³/mol. The Morgan fingerprint density at radius 2 is 2.12 bits per heavy atom. The van der Waals surface area contributed by atoms with Crippen LogP contribution in [0.2, 0.25) is 0 Å². The standard InChI is InChI=1S/C13H16N2O/c1-9-7-13(14-8-10(2)16)11-5-3-4-6-12(11)15-9/h3-7,10,16H,8H2,1-2H3,(H,14,15). The number of anilines is 1. The maximum Gasteiger partial charge on any atom is 0.0725 e. The maximum absolute atomic E-state index is 9.28. The molecule has 0 fully saturated rings. The van der Waals surface area contributed by atoms with Crippen LogP contribution in [-0.2, 0) is 0 Å². The second-order valence-corrected chi connectivity index (χ2v) is 4.06. The Bertz CT molecular complexity index is 494. The van der Waals surface area contributed by atoms with E-state index < -0.39 is 0 Å². The van der Waals surface area contributed by atoms with Crippen molar-refractivity contribution in [2.75, 3.05) is 11.9 Å². The average molecular weight is 216 g/mol. The Hall–Kier alpha value is -1.61. The highest BCUT2D eigenvalue weighted by Gasteiger charge is 2.03. The van der Waals surface area contributed by atoms with E-state index in [4.69, 9.17) is 0 Å². The molecular weight excluding hydrogens is 200 g/mol. The van der Waals surface area contributed by atoms with E-state index in [1.165, 1.54) is 0 Å². The van der Waals surface area contributed by atoms with Crippen LogP contribution in [0.3, 0.4) is 0 Å². The van der Waals surface area contributed by atoms with Crippen molar-refractivity contribution in [1.82, 2.24) is 4.98 Å². The summed E-state index contributed by atoms with van der Waals surface area (Å²) in [5.74, 6) is 0. The number of aliphatic hydroxyl groups excluding tert-OH is 1. The Balaban J connectivity index is 2.42. The smallest absolute Gasteiger partial charge is 0.0725 e. The van der Waals surface area contributed by atoms with Gasteiger partial charge in [-0.1, -0.05) is 18.2 Å². The highest BCUT2D eigenvalue weighted by atomic mass is 16.3. The van der Waals surface area contributed by atoms with Crippen molar-refractivity contribution in [3.8, 4) is 0 Å². The number of nitrogens with zero attached hydrogens (tertiary/aromatic N) is 1. The molecule has 0 amide bonds. The minimum absolute atomic E-state index is 0.354. The van der Waals surface area contributed by atoms with E-state index in [9.17, 15) is 5.11 Å². The molecular formula is C13H16N2O. The molecule has 1 atom stereocenters. The Kier molecular flexibility index (Phi) is 3.06. The summed E-state index contributed by atoms with van der Waals surface area (Å²) in [5.41, 5.74) is 2.99. The number of aliphatic hydroxyl groups is 1. The fraction of sp³-hybridized carbons (Fsp3) is 0.308. The van der Waals surface area contributed by atoms with Crippen LogP contribution in [0.5, 0.6) is 0 Å². The number of hydrogen-bond donors (Lipinski definition) is 2. The van der Waals surface area contributed by atoms with Crippen LogP contribution in [0.4, 0.5) is 5.69 Å². The molecule has 3 heteroatoms. The predicted octanol–water partition coefficient (Wildman–Crippen LogP) is 2.34. The first-order valence-electron chi connectivity index (χ1n) is 5.45. The first kappa shape index (κ1) is 10.9. The molecule has 0 aliphatic carbocycles. The largest absolute Gasteiger partial charge is 0.392 e. The van der Waals surface area contributed by atoms with E-state index in [1.54, 1.807) is 6.92 Å². The van der Waals surface area contributed by atoms with Gasteiger partial charge in [-0.2, -0.15) is 0 Å². The summed E-state index contributed by atoms with van der Waals surface area (Å²) in [6.07, 6.45) is -0.354. The average Bonchev–Trinajstić information content (AvgIpc) is 2.25. The second kappa shape index (κ2) is 4.49. The summed E-state index contributed by atoms with van der Waals surface area (Å²) in [6.45, 7) is 4.29. The summed E-state index contributed by atoms with van der Waals surface area (Å²) >= 11 is 0. The van der Waals surface area contributed by atoms with E-state index in [1.807, 2.05) is 37.3 Å². The van der Waals surface area contributed by atoms with Crippen molar-refractivity contribution in [3.05, 3.63) is 36.0 Å². The van der Waals surface area contributed by atoms with Gasteiger partial charge in [0.05, 0.1) is 11.6 Å². The highest BCUT2D eigenvalue weighted by Crippen LogP contribution is 2.22. The number of pyridine rings is 1. The second-order valence-electron chi connectivity index (χ2n) is 4.06. The number of hydrogen-bond acceptors (Lipinski definition) is 3. The van der Waals surface area contributed by atoms with Gasteiger partial charge in [0, 0.05) is 23.3 Å². The van der Waals surface area contributed by atoms with E-state index in [-0.39, 0.29) is 6.10 Å². The molecule has 1 unspecified atom stereocenters. The number of benzene rings is 1. The molecule has 1 heterocycles. The van der Waals surface area contributed by atoms with Gasteiger partial charge in [-0.05, 0) is 26.0 Å². The van der Waals surface area contributed by atoms with Gasteiger partial charge < -0.3 is 10.4 Å². The Morgan fingerprint density at radius 3 is 2.88 bits per heavy atom. The minimum atomic E-state index is -0.354. The van der Waals surface area contributed by atoms with Gasteiger partial charge in [0.15, 0.2) is 0 Å².